The molecule has 3 aromatic heterocycles. The molecular formula is C33H39N11O4. The van der Waals surface area contributed by atoms with Crippen LogP contribution in [0.3, 0.4) is 0 Å². The van der Waals surface area contributed by atoms with Crippen molar-refractivity contribution in [3.05, 3.63) is 84.4 Å². The number of nitrogens with two attached hydrogens (primary N) is 2. The zero-order valence-electron chi connectivity index (χ0n) is 27.3. The molecule has 7 N–H and O–H groups in total. The van der Waals surface area contributed by atoms with Crippen LogP contribution in [0.5, 0.6) is 11.5 Å². The average Bonchev–Trinajstić information content (AvgIpc) is 3.76. The molecule has 0 aliphatic rings. The van der Waals surface area contributed by atoms with Gasteiger partial charge in [0.05, 0.1) is 36.6 Å². The third-order valence-electron chi connectivity index (χ3n) is 7.38. The Morgan fingerprint density at radius 3 is 1.92 bits per heavy atom. The number of fused-ring (bicyclic) bond motifs is 2. The summed E-state index contributed by atoms with van der Waals surface area (Å²) in [6, 6.07) is 6.53. The topological polar surface area (TPSA) is 194 Å². The monoisotopic (exact) mass is 653 g/mol. The largest absolute Gasteiger partial charge is 0.494 e. The Hall–Kier alpha value is -6.25. The molecule has 0 saturated carbocycles. The molecule has 3 heterocycles. The van der Waals surface area contributed by atoms with Gasteiger partial charge in [-0.05, 0) is 37.3 Å². The summed E-state index contributed by atoms with van der Waals surface area (Å²) >= 11 is 0. The van der Waals surface area contributed by atoms with Crippen LogP contribution >= 0.6 is 0 Å². The van der Waals surface area contributed by atoms with E-state index in [0.29, 0.717) is 70.7 Å². The Balaban J connectivity index is 1.38. The molecule has 0 radical (unpaired) electrons. The van der Waals surface area contributed by atoms with E-state index < -0.39 is 11.8 Å². The second-order valence-electron chi connectivity index (χ2n) is 10.8. The Kier molecular flexibility index (Phi) is 9.97. The van der Waals surface area contributed by atoms with E-state index in [-0.39, 0.29) is 6.61 Å². The van der Waals surface area contributed by atoms with Gasteiger partial charge >= 0.3 is 0 Å². The van der Waals surface area contributed by atoms with E-state index in [0.717, 1.165) is 16.9 Å². The Morgan fingerprint density at radius 1 is 0.854 bits per heavy atom. The number of benzene rings is 2. The number of allylic oxidation sites excluding steroid dienone is 4. The highest BCUT2D eigenvalue weighted by Crippen LogP contribution is 2.32. The molecule has 5 rings (SSSR count). The molecule has 5 aromatic rings. The van der Waals surface area contributed by atoms with Crippen molar-refractivity contribution in [2.24, 2.45) is 11.5 Å². The smallest absolute Gasteiger partial charge is 0.248 e. The van der Waals surface area contributed by atoms with Crippen LogP contribution < -0.4 is 36.9 Å². The number of hydrogen-bond acceptors (Lipinski definition) is 10. The van der Waals surface area contributed by atoms with Crippen LogP contribution in [0.15, 0.2) is 73.2 Å². The maximum atomic E-state index is 12.2. The van der Waals surface area contributed by atoms with Crippen molar-refractivity contribution in [2.75, 3.05) is 43.8 Å². The van der Waals surface area contributed by atoms with E-state index in [1.807, 2.05) is 46.6 Å². The predicted octanol–water partition coefficient (Wildman–Crippen LogP) is 3.71. The summed E-state index contributed by atoms with van der Waals surface area (Å²) in [5.74, 6) is 0.982. The molecule has 250 valence electrons. The molecule has 0 fully saturated rings. The number of ether oxygens (including phenoxy) is 2. The highest BCUT2D eigenvalue weighted by Gasteiger charge is 2.19. The van der Waals surface area contributed by atoms with Crippen molar-refractivity contribution in [1.29, 1.82) is 0 Å². The summed E-state index contributed by atoms with van der Waals surface area (Å²) in [5, 5.41) is 13.7. The second-order valence-corrected chi connectivity index (χ2v) is 10.8. The van der Waals surface area contributed by atoms with Gasteiger partial charge in [0.15, 0.2) is 0 Å². The maximum Gasteiger partial charge on any atom is 0.248 e. The Labute approximate surface area is 276 Å². The zero-order chi connectivity index (χ0) is 34.4. The fraction of sp³-hybridized carbons (Fsp3) is 0.242. The first-order valence-electron chi connectivity index (χ1n) is 15.1. The van der Waals surface area contributed by atoms with Gasteiger partial charge in [-0.15, -0.1) is 0 Å². The van der Waals surface area contributed by atoms with Crippen molar-refractivity contribution in [3.63, 3.8) is 0 Å². The maximum absolute atomic E-state index is 12.2. The first-order valence-corrected chi connectivity index (χ1v) is 15.1. The molecule has 0 aliphatic heterocycles. The highest BCUT2D eigenvalue weighted by molar-refractivity contribution is 5.99. The summed E-state index contributed by atoms with van der Waals surface area (Å²) in [6.07, 6.45) is 11.4. The number of aromatic nitrogens is 6. The van der Waals surface area contributed by atoms with Gasteiger partial charge in [-0.2, -0.15) is 5.10 Å². The fourth-order valence-corrected chi connectivity index (χ4v) is 5.27. The van der Waals surface area contributed by atoms with Gasteiger partial charge in [-0.1, -0.05) is 24.8 Å². The van der Waals surface area contributed by atoms with Crippen LogP contribution in [0.4, 0.5) is 17.6 Å². The summed E-state index contributed by atoms with van der Waals surface area (Å²) < 4.78 is 17.4. The molecule has 0 bridgehead atoms. The van der Waals surface area contributed by atoms with Gasteiger partial charge in [0.1, 0.15) is 29.1 Å². The van der Waals surface area contributed by atoms with Crippen molar-refractivity contribution in [3.8, 4) is 11.5 Å². The van der Waals surface area contributed by atoms with E-state index in [9.17, 15) is 9.59 Å². The molecule has 0 saturated heterocycles. The number of primary amides is 2. The highest BCUT2D eigenvalue weighted by atomic mass is 16.5. The Bertz CT molecular complexity index is 2050. The summed E-state index contributed by atoms with van der Waals surface area (Å²) in [5.41, 5.74) is 16.0. The van der Waals surface area contributed by atoms with Crippen LogP contribution in [0.1, 0.15) is 27.6 Å². The van der Waals surface area contributed by atoms with Crippen LogP contribution in [0.2, 0.25) is 0 Å². The molecule has 48 heavy (non-hydrogen) atoms. The van der Waals surface area contributed by atoms with Gasteiger partial charge in [-0.3, -0.25) is 14.3 Å². The third kappa shape index (κ3) is 7.09. The van der Waals surface area contributed by atoms with Crippen molar-refractivity contribution in [2.45, 2.75) is 26.6 Å². The van der Waals surface area contributed by atoms with Crippen molar-refractivity contribution >= 4 is 51.5 Å². The van der Waals surface area contributed by atoms with Gasteiger partial charge in [0.2, 0.25) is 23.7 Å². The SMILES string of the molecule is C=C(C)Nc1cnn(C/C=C/COc2cc(C(N)=O)cc3nc(NC)n(C/C=C/Cn4c(NC)nc5cc(C(N)=O)cc(OC)c54)c23)c1. The van der Waals surface area contributed by atoms with E-state index in [1.54, 1.807) is 49.2 Å². The van der Waals surface area contributed by atoms with Crippen LogP contribution in [0, 0.1) is 0 Å². The number of nitrogens with one attached hydrogen (secondary N) is 3. The van der Waals surface area contributed by atoms with Crippen LogP contribution in [-0.4, -0.2) is 68.5 Å². The van der Waals surface area contributed by atoms with Crippen molar-refractivity contribution < 1.29 is 19.1 Å². The van der Waals surface area contributed by atoms with E-state index in [2.05, 4.69) is 32.6 Å². The minimum Gasteiger partial charge on any atom is -0.494 e. The van der Waals surface area contributed by atoms with Gasteiger partial charge in [-0.25, -0.2) is 9.97 Å². The van der Waals surface area contributed by atoms with Gasteiger partial charge in [0, 0.05) is 50.2 Å². The number of rotatable bonds is 16. The first-order chi connectivity index (χ1) is 23.1. The van der Waals surface area contributed by atoms with Crippen LogP contribution in [-0.2, 0) is 19.6 Å². The van der Waals surface area contributed by atoms with E-state index >= 15 is 0 Å². The molecular weight excluding hydrogens is 614 g/mol. The number of hydrogen-bond donors (Lipinski definition) is 5. The number of methoxy groups -OCH3 is 1. The van der Waals surface area contributed by atoms with Crippen molar-refractivity contribution in [1.82, 2.24) is 28.9 Å². The Morgan fingerprint density at radius 2 is 1.40 bits per heavy atom. The lowest BCUT2D eigenvalue weighted by Crippen LogP contribution is -2.11. The summed E-state index contributed by atoms with van der Waals surface area (Å²) in [6.45, 7) is 7.39. The molecule has 0 aliphatic carbocycles. The molecule has 0 unspecified atom stereocenters. The number of amides is 2. The number of imidazole rings is 2. The lowest BCUT2D eigenvalue weighted by molar-refractivity contribution is 0.0991. The summed E-state index contributed by atoms with van der Waals surface area (Å²) in [7, 11) is 5.08. The lowest BCUT2D eigenvalue weighted by Gasteiger charge is -2.12. The van der Waals surface area contributed by atoms with Gasteiger partial charge in [0.25, 0.3) is 0 Å². The number of carbonyl (C=O) groups is 2. The summed E-state index contributed by atoms with van der Waals surface area (Å²) in [4.78, 5) is 33.3. The lowest BCUT2D eigenvalue weighted by atomic mass is 10.1. The van der Waals surface area contributed by atoms with Gasteiger partial charge < -0.3 is 46.0 Å². The normalized spacial score (nSPS) is 11.5. The predicted molar refractivity (Wildman–Crippen MR) is 187 cm³/mol. The molecule has 2 aromatic carbocycles. The minimum absolute atomic E-state index is 0.241. The van der Waals surface area contributed by atoms with Crippen LogP contribution in [0.25, 0.3) is 22.1 Å². The first kappa shape index (κ1) is 33.1. The standard InChI is InChI=1S/C33H39N11O4/c1-20(2)39-23-18-38-42(19-23)10-8-9-13-48-27-17-22(31(35)46)15-25-29(27)44(33(37-4)41-25)12-7-6-11-43-28-24(40-32(43)36-3)14-21(30(34)45)16-26(28)47-5/h6-9,14-19,39H,1,10-13H2,2-5H3,(H2,34,45)(H2,35,46)(H,36,40)(H,37,41)/b7-6+,9-8+. The number of nitrogens with zero attached hydrogens (tertiary/aromatic N) is 6. The molecule has 0 spiro atoms. The molecule has 15 nitrogen and oxygen atoms in total. The molecule has 15 heteroatoms. The third-order valence-corrected chi connectivity index (χ3v) is 7.38. The fourth-order valence-electron chi connectivity index (χ4n) is 5.27. The van der Waals surface area contributed by atoms with E-state index in [1.165, 1.54) is 7.11 Å². The second kappa shape index (κ2) is 14.5. The minimum atomic E-state index is -0.582. The molecule has 0 atom stereocenters. The quantitative estimate of drug-likeness (QED) is 0.0980. The van der Waals surface area contributed by atoms with E-state index in [4.69, 9.17) is 25.9 Å². The number of anilines is 3. The molecule has 2 amide bonds. The number of carbonyl (C=O) groups excluding carboxylic acids is 2. The zero-order valence-corrected chi connectivity index (χ0v) is 27.3. The average molecular weight is 654 g/mol.